The molecule has 1 unspecified atom stereocenters. The maximum atomic E-state index is 5.48. The molecule has 0 aliphatic carbocycles. The molecular formula is C19H38N4O. The first-order valence-corrected chi connectivity index (χ1v) is 10.1. The molecule has 0 aromatic carbocycles. The number of guanidine groups is 1. The number of ether oxygens (including phenoxy) is 1. The Kier molecular flexibility index (Phi) is 9.51. The second kappa shape index (κ2) is 11.7. The number of hydrogen-bond acceptors (Lipinski definition) is 3. The van der Waals surface area contributed by atoms with Crippen LogP contribution < -0.4 is 5.32 Å². The van der Waals surface area contributed by atoms with E-state index in [1.54, 1.807) is 0 Å². The number of nitrogens with zero attached hydrogens (tertiary/aromatic N) is 3. The summed E-state index contributed by atoms with van der Waals surface area (Å²) >= 11 is 0. The molecule has 2 fully saturated rings. The van der Waals surface area contributed by atoms with E-state index in [2.05, 4.69) is 29.1 Å². The quantitative estimate of drug-likeness (QED) is 0.398. The molecule has 24 heavy (non-hydrogen) atoms. The maximum Gasteiger partial charge on any atom is 0.193 e. The van der Waals surface area contributed by atoms with Crippen molar-refractivity contribution in [2.75, 3.05) is 59.5 Å². The molecule has 2 heterocycles. The molecule has 1 atom stereocenters. The average Bonchev–Trinajstić information content (AvgIpc) is 3.10. The molecule has 0 saturated carbocycles. The van der Waals surface area contributed by atoms with Crippen LogP contribution in [0.4, 0.5) is 0 Å². The van der Waals surface area contributed by atoms with E-state index >= 15 is 0 Å². The number of unbranched alkanes of at least 4 members (excludes halogenated alkanes) is 2. The minimum absolute atomic E-state index is 0.656. The zero-order chi connectivity index (χ0) is 17.0. The third-order valence-corrected chi connectivity index (χ3v) is 5.10. The Bertz CT molecular complexity index is 349. The first-order chi connectivity index (χ1) is 11.8. The van der Waals surface area contributed by atoms with Crippen LogP contribution in [0.3, 0.4) is 0 Å². The van der Waals surface area contributed by atoms with Gasteiger partial charge >= 0.3 is 0 Å². The van der Waals surface area contributed by atoms with E-state index in [-0.39, 0.29) is 0 Å². The van der Waals surface area contributed by atoms with Gasteiger partial charge in [0.1, 0.15) is 0 Å². The summed E-state index contributed by atoms with van der Waals surface area (Å²) in [4.78, 5) is 9.72. The summed E-state index contributed by atoms with van der Waals surface area (Å²) in [7, 11) is 2.15. The van der Waals surface area contributed by atoms with Crippen molar-refractivity contribution in [1.29, 1.82) is 0 Å². The molecule has 2 saturated heterocycles. The number of piperidine rings is 1. The van der Waals surface area contributed by atoms with Crippen LogP contribution >= 0.6 is 0 Å². The Morgan fingerprint density at radius 2 is 2.04 bits per heavy atom. The summed E-state index contributed by atoms with van der Waals surface area (Å²) in [5.74, 6) is 1.71. The summed E-state index contributed by atoms with van der Waals surface area (Å²) in [5, 5.41) is 3.43. The van der Waals surface area contributed by atoms with Crippen LogP contribution in [0.5, 0.6) is 0 Å². The Balaban J connectivity index is 1.60. The fourth-order valence-electron chi connectivity index (χ4n) is 3.66. The van der Waals surface area contributed by atoms with Gasteiger partial charge in [0, 0.05) is 39.2 Å². The van der Waals surface area contributed by atoms with Crippen molar-refractivity contribution in [2.24, 2.45) is 10.9 Å². The summed E-state index contributed by atoms with van der Waals surface area (Å²) in [6.07, 6.45) is 9.21. The zero-order valence-electron chi connectivity index (χ0n) is 15.9. The molecule has 0 bridgehead atoms. The van der Waals surface area contributed by atoms with Gasteiger partial charge in [-0.05, 0) is 58.7 Å². The van der Waals surface area contributed by atoms with Gasteiger partial charge in [0.25, 0.3) is 0 Å². The van der Waals surface area contributed by atoms with Crippen LogP contribution in [0.2, 0.25) is 0 Å². The molecule has 0 aromatic rings. The van der Waals surface area contributed by atoms with E-state index in [9.17, 15) is 0 Å². The molecule has 0 radical (unpaired) electrons. The van der Waals surface area contributed by atoms with Crippen molar-refractivity contribution >= 4 is 5.96 Å². The summed E-state index contributed by atoms with van der Waals surface area (Å²) in [6, 6.07) is 0. The number of nitrogens with one attached hydrogen (secondary N) is 1. The normalized spacial score (nSPS) is 22.8. The van der Waals surface area contributed by atoms with E-state index in [4.69, 9.17) is 9.73 Å². The van der Waals surface area contributed by atoms with Gasteiger partial charge in [-0.3, -0.25) is 4.99 Å². The fourth-order valence-corrected chi connectivity index (χ4v) is 3.66. The first-order valence-electron chi connectivity index (χ1n) is 10.1. The number of hydrogen-bond donors (Lipinski definition) is 1. The molecule has 1 N–H and O–H groups in total. The van der Waals surface area contributed by atoms with Crippen molar-refractivity contribution in [3.05, 3.63) is 0 Å². The lowest BCUT2D eigenvalue weighted by atomic mass is 10.1. The molecule has 2 aliphatic heterocycles. The Hall–Kier alpha value is -0.810. The monoisotopic (exact) mass is 338 g/mol. The third-order valence-electron chi connectivity index (χ3n) is 5.10. The van der Waals surface area contributed by atoms with Crippen molar-refractivity contribution in [1.82, 2.24) is 15.1 Å². The largest absolute Gasteiger partial charge is 0.381 e. The summed E-state index contributed by atoms with van der Waals surface area (Å²) < 4.78 is 5.48. The SMILES string of the molecule is CCNC(=NCCCCCN1CCCCC1)N(C)CC1CCOC1. The van der Waals surface area contributed by atoms with Gasteiger partial charge < -0.3 is 19.9 Å². The summed E-state index contributed by atoms with van der Waals surface area (Å²) in [6.45, 7) is 10.8. The van der Waals surface area contributed by atoms with Gasteiger partial charge in [0.2, 0.25) is 0 Å². The first kappa shape index (κ1) is 19.5. The highest BCUT2D eigenvalue weighted by Gasteiger charge is 2.18. The third kappa shape index (κ3) is 7.39. The Morgan fingerprint density at radius 1 is 1.21 bits per heavy atom. The van der Waals surface area contributed by atoms with Gasteiger partial charge in [-0.1, -0.05) is 12.8 Å². The van der Waals surface area contributed by atoms with E-state index in [0.29, 0.717) is 5.92 Å². The molecule has 2 aliphatic rings. The molecule has 0 spiro atoms. The van der Waals surface area contributed by atoms with E-state index in [1.165, 1.54) is 64.6 Å². The van der Waals surface area contributed by atoms with Crippen LogP contribution in [0.15, 0.2) is 4.99 Å². The van der Waals surface area contributed by atoms with Crippen molar-refractivity contribution in [3.8, 4) is 0 Å². The van der Waals surface area contributed by atoms with E-state index < -0.39 is 0 Å². The topological polar surface area (TPSA) is 40.1 Å². The van der Waals surface area contributed by atoms with Gasteiger partial charge in [0.15, 0.2) is 5.96 Å². The van der Waals surface area contributed by atoms with Crippen LogP contribution in [0.25, 0.3) is 0 Å². The predicted molar refractivity (Wildman–Crippen MR) is 102 cm³/mol. The highest BCUT2D eigenvalue weighted by molar-refractivity contribution is 5.79. The minimum atomic E-state index is 0.656. The molecule has 0 aromatic heterocycles. The van der Waals surface area contributed by atoms with E-state index in [0.717, 1.165) is 38.8 Å². The number of rotatable bonds is 9. The average molecular weight is 339 g/mol. The van der Waals surface area contributed by atoms with Crippen LogP contribution in [-0.2, 0) is 4.74 Å². The smallest absolute Gasteiger partial charge is 0.193 e. The fraction of sp³-hybridized carbons (Fsp3) is 0.947. The number of aliphatic imine (C=N–C) groups is 1. The van der Waals surface area contributed by atoms with Crippen LogP contribution in [0.1, 0.15) is 51.9 Å². The van der Waals surface area contributed by atoms with Crippen LogP contribution in [-0.4, -0.2) is 75.3 Å². The lowest BCUT2D eigenvalue weighted by Gasteiger charge is -2.26. The highest BCUT2D eigenvalue weighted by atomic mass is 16.5. The lowest BCUT2D eigenvalue weighted by Crippen LogP contribution is -2.41. The van der Waals surface area contributed by atoms with Gasteiger partial charge in [0.05, 0.1) is 6.61 Å². The highest BCUT2D eigenvalue weighted by Crippen LogP contribution is 2.13. The Morgan fingerprint density at radius 3 is 2.75 bits per heavy atom. The second-order valence-electron chi connectivity index (χ2n) is 7.31. The molecule has 2 rings (SSSR count). The standard InChI is InChI=1S/C19H38N4O/c1-3-20-19(22(2)16-18-10-15-24-17-18)21-11-6-4-7-12-23-13-8-5-9-14-23/h18H,3-17H2,1-2H3,(H,20,21). The molecule has 5 nitrogen and oxygen atoms in total. The van der Waals surface area contributed by atoms with Gasteiger partial charge in [-0.15, -0.1) is 0 Å². The molecule has 5 heteroatoms. The number of likely N-dealkylation sites (tertiary alicyclic amines) is 1. The zero-order valence-corrected chi connectivity index (χ0v) is 15.9. The second-order valence-corrected chi connectivity index (χ2v) is 7.31. The minimum Gasteiger partial charge on any atom is -0.381 e. The Labute approximate surface area is 148 Å². The summed E-state index contributed by atoms with van der Waals surface area (Å²) in [5.41, 5.74) is 0. The van der Waals surface area contributed by atoms with Gasteiger partial charge in [-0.2, -0.15) is 0 Å². The predicted octanol–water partition coefficient (Wildman–Crippen LogP) is 2.58. The van der Waals surface area contributed by atoms with Crippen molar-refractivity contribution in [2.45, 2.75) is 51.9 Å². The maximum absolute atomic E-state index is 5.48. The molecule has 0 amide bonds. The van der Waals surface area contributed by atoms with Crippen molar-refractivity contribution < 1.29 is 4.74 Å². The van der Waals surface area contributed by atoms with Gasteiger partial charge in [-0.25, -0.2) is 0 Å². The lowest BCUT2D eigenvalue weighted by molar-refractivity contribution is 0.181. The van der Waals surface area contributed by atoms with Crippen molar-refractivity contribution in [3.63, 3.8) is 0 Å². The van der Waals surface area contributed by atoms with E-state index in [1.807, 2.05) is 0 Å². The molecular weight excluding hydrogens is 300 g/mol. The molecule has 140 valence electrons. The van der Waals surface area contributed by atoms with Crippen LogP contribution in [0, 0.1) is 5.92 Å².